The first-order valence-corrected chi connectivity index (χ1v) is 7.15. The van der Waals surface area contributed by atoms with E-state index >= 15 is 0 Å². The van der Waals surface area contributed by atoms with Gasteiger partial charge in [-0.1, -0.05) is 6.07 Å². The molecule has 1 unspecified atom stereocenters. The summed E-state index contributed by atoms with van der Waals surface area (Å²) in [5.41, 5.74) is 2.10. The predicted molar refractivity (Wildman–Crippen MR) is 77.4 cm³/mol. The smallest absolute Gasteiger partial charge is 0.317 e. The van der Waals surface area contributed by atoms with Gasteiger partial charge in [0.1, 0.15) is 0 Å². The third kappa shape index (κ3) is 4.49. The summed E-state index contributed by atoms with van der Waals surface area (Å²) in [5, 5.41) is 12.7. The van der Waals surface area contributed by atoms with Crippen molar-refractivity contribution in [2.45, 2.75) is 32.3 Å². The monoisotopic (exact) mass is 277 g/mol. The van der Waals surface area contributed by atoms with Gasteiger partial charge in [0.15, 0.2) is 0 Å². The topological polar surface area (TPSA) is 65.5 Å². The summed E-state index contributed by atoms with van der Waals surface area (Å²) in [6, 6.07) is 3.86. The number of likely N-dealkylation sites (N-methyl/N-ethyl adjacent to an activating group) is 1. The molecule has 1 aliphatic rings. The zero-order valence-electron chi connectivity index (χ0n) is 12.2. The number of urea groups is 1. The van der Waals surface area contributed by atoms with Gasteiger partial charge in [0, 0.05) is 32.0 Å². The molecule has 1 saturated carbocycles. The van der Waals surface area contributed by atoms with Crippen LogP contribution in [0.2, 0.25) is 0 Å². The molecule has 0 radical (unpaired) electrons. The van der Waals surface area contributed by atoms with E-state index in [2.05, 4.69) is 10.3 Å². The normalized spacial score (nSPS) is 15.8. The summed E-state index contributed by atoms with van der Waals surface area (Å²) in [6.45, 7) is 2.93. The second kappa shape index (κ2) is 6.70. The van der Waals surface area contributed by atoms with E-state index < -0.39 is 0 Å². The predicted octanol–water partition coefficient (Wildman–Crippen LogP) is 1.34. The maximum atomic E-state index is 11.9. The molecule has 1 fully saturated rings. The second-order valence-corrected chi connectivity index (χ2v) is 5.58. The molecule has 1 aromatic rings. The van der Waals surface area contributed by atoms with Gasteiger partial charge in [-0.15, -0.1) is 0 Å². The number of carbonyl (C=O) groups excluding carboxylic acids is 1. The lowest BCUT2D eigenvalue weighted by atomic mass is 10.2. The molecule has 2 N–H and O–H groups in total. The highest BCUT2D eigenvalue weighted by Crippen LogP contribution is 2.32. The lowest BCUT2D eigenvalue weighted by Crippen LogP contribution is -2.42. The van der Waals surface area contributed by atoms with Gasteiger partial charge in [-0.3, -0.25) is 4.98 Å². The molecule has 0 spiro atoms. The highest BCUT2D eigenvalue weighted by atomic mass is 16.3. The van der Waals surface area contributed by atoms with Gasteiger partial charge < -0.3 is 15.3 Å². The van der Waals surface area contributed by atoms with Crippen molar-refractivity contribution in [1.29, 1.82) is 0 Å². The molecule has 0 aromatic carbocycles. The number of pyridine rings is 1. The van der Waals surface area contributed by atoms with E-state index in [0.29, 0.717) is 19.0 Å². The molecule has 5 nitrogen and oxygen atoms in total. The van der Waals surface area contributed by atoms with Crippen LogP contribution in [0.1, 0.15) is 24.1 Å². The van der Waals surface area contributed by atoms with E-state index in [1.807, 2.05) is 25.3 Å². The molecule has 0 bridgehead atoms. The Balaban J connectivity index is 1.67. The van der Waals surface area contributed by atoms with E-state index in [1.54, 1.807) is 11.9 Å². The number of rotatable bonds is 6. The van der Waals surface area contributed by atoms with Crippen LogP contribution in [0.25, 0.3) is 0 Å². The number of carbonyl (C=O) groups is 1. The first kappa shape index (κ1) is 14.8. The van der Waals surface area contributed by atoms with Crippen LogP contribution in [0.5, 0.6) is 0 Å². The molecule has 1 aliphatic carbocycles. The quantitative estimate of drug-likeness (QED) is 0.825. The molecule has 0 aliphatic heterocycles. The van der Waals surface area contributed by atoms with Gasteiger partial charge in [0.25, 0.3) is 0 Å². The van der Waals surface area contributed by atoms with Crippen molar-refractivity contribution in [2.75, 3.05) is 20.1 Å². The molecule has 20 heavy (non-hydrogen) atoms. The molecule has 1 atom stereocenters. The number of aliphatic hydroxyl groups is 1. The number of nitrogens with one attached hydrogen (secondary N) is 1. The molecular formula is C15H23N3O2. The standard InChI is InChI=1S/C15H23N3O2/c1-11-3-4-12(9-17-11)7-8-16-15(20)18(2)10-14(19)13-5-6-13/h3-4,9,13-14,19H,5-8,10H2,1-2H3,(H,16,20). The summed E-state index contributed by atoms with van der Waals surface area (Å²) in [7, 11) is 1.72. The third-order valence-electron chi connectivity index (χ3n) is 3.64. The average molecular weight is 277 g/mol. The second-order valence-electron chi connectivity index (χ2n) is 5.58. The van der Waals surface area contributed by atoms with Crippen molar-refractivity contribution in [3.8, 4) is 0 Å². The van der Waals surface area contributed by atoms with Crippen LogP contribution in [-0.2, 0) is 6.42 Å². The van der Waals surface area contributed by atoms with Gasteiger partial charge in [0.2, 0.25) is 0 Å². The SMILES string of the molecule is Cc1ccc(CCNC(=O)N(C)CC(O)C2CC2)cn1. The van der Waals surface area contributed by atoms with Crippen LogP contribution in [0.3, 0.4) is 0 Å². The van der Waals surface area contributed by atoms with Gasteiger partial charge in [-0.25, -0.2) is 4.79 Å². The molecule has 0 saturated heterocycles. The number of aromatic nitrogens is 1. The molecule has 2 rings (SSSR count). The first-order valence-electron chi connectivity index (χ1n) is 7.15. The summed E-state index contributed by atoms with van der Waals surface area (Å²) in [5.74, 6) is 0.392. The van der Waals surface area contributed by atoms with E-state index in [1.165, 1.54) is 0 Å². The lowest BCUT2D eigenvalue weighted by molar-refractivity contribution is 0.113. The third-order valence-corrected chi connectivity index (χ3v) is 3.64. The van der Waals surface area contributed by atoms with Crippen LogP contribution in [0.4, 0.5) is 4.79 Å². The molecule has 1 heterocycles. The van der Waals surface area contributed by atoms with Gasteiger partial charge >= 0.3 is 6.03 Å². The van der Waals surface area contributed by atoms with Crippen molar-refractivity contribution in [3.63, 3.8) is 0 Å². The number of hydrogen-bond donors (Lipinski definition) is 2. The Morgan fingerprint density at radius 1 is 1.55 bits per heavy atom. The highest BCUT2D eigenvalue weighted by molar-refractivity contribution is 5.73. The first-order chi connectivity index (χ1) is 9.56. The Morgan fingerprint density at radius 3 is 2.90 bits per heavy atom. The average Bonchev–Trinajstić information content (AvgIpc) is 3.25. The maximum Gasteiger partial charge on any atom is 0.317 e. The van der Waals surface area contributed by atoms with E-state index in [-0.39, 0.29) is 12.1 Å². The highest BCUT2D eigenvalue weighted by Gasteiger charge is 2.31. The van der Waals surface area contributed by atoms with Crippen molar-refractivity contribution in [3.05, 3.63) is 29.6 Å². The molecule has 1 aromatic heterocycles. The fourth-order valence-electron chi connectivity index (χ4n) is 2.09. The lowest BCUT2D eigenvalue weighted by Gasteiger charge is -2.21. The minimum Gasteiger partial charge on any atom is -0.391 e. The van der Waals surface area contributed by atoms with Crippen molar-refractivity contribution in [2.24, 2.45) is 5.92 Å². The largest absolute Gasteiger partial charge is 0.391 e. The summed E-state index contributed by atoms with van der Waals surface area (Å²) >= 11 is 0. The van der Waals surface area contributed by atoms with Gasteiger partial charge in [-0.2, -0.15) is 0 Å². The molecule has 5 heteroatoms. The Bertz CT molecular complexity index is 443. The number of aliphatic hydroxyl groups excluding tert-OH is 1. The number of aryl methyl sites for hydroxylation is 1. The maximum absolute atomic E-state index is 11.9. The van der Waals surface area contributed by atoms with Crippen molar-refractivity contribution < 1.29 is 9.90 Å². The summed E-state index contributed by atoms with van der Waals surface area (Å²) in [4.78, 5) is 17.6. The number of nitrogens with zero attached hydrogens (tertiary/aromatic N) is 2. The van der Waals surface area contributed by atoms with Crippen molar-refractivity contribution >= 4 is 6.03 Å². The van der Waals surface area contributed by atoms with E-state index in [0.717, 1.165) is 30.5 Å². The molecular weight excluding hydrogens is 254 g/mol. The minimum absolute atomic E-state index is 0.134. The number of hydrogen-bond acceptors (Lipinski definition) is 3. The van der Waals surface area contributed by atoms with Crippen LogP contribution < -0.4 is 5.32 Å². The molecule has 110 valence electrons. The Labute approximate surface area is 120 Å². The van der Waals surface area contributed by atoms with Gasteiger partial charge in [-0.05, 0) is 43.7 Å². The molecule has 2 amide bonds. The minimum atomic E-state index is -0.382. The fraction of sp³-hybridized carbons (Fsp3) is 0.600. The number of amides is 2. The van der Waals surface area contributed by atoms with E-state index in [4.69, 9.17) is 0 Å². The fourth-order valence-corrected chi connectivity index (χ4v) is 2.09. The van der Waals surface area contributed by atoms with Gasteiger partial charge in [0.05, 0.1) is 6.10 Å². The van der Waals surface area contributed by atoms with E-state index in [9.17, 15) is 9.90 Å². The zero-order chi connectivity index (χ0) is 14.5. The zero-order valence-corrected chi connectivity index (χ0v) is 12.2. The van der Waals surface area contributed by atoms with Crippen molar-refractivity contribution in [1.82, 2.24) is 15.2 Å². The summed E-state index contributed by atoms with van der Waals surface area (Å²) < 4.78 is 0. The van der Waals surface area contributed by atoms with Crippen LogP contribution in [0.15, 0.2) is 18.3 Å². The summed E-state index contributed by atoms with van der Waals surface area (Å²) in [6.07, 6.45) is 4.38. The Hall–Kier alpha value is -1.62. The van der Waals surface area contributed by atoms with Crippen LogP contribution >= 0.6 is 0 Å². The Morgan fingerprint density at radius 2 is 2.30 bits per heavy atom. The Kier molecular flexibility index (Phi) is 4.95. The van der Waals surface area contributed by atoms with Crippen LogP contribution in [-0.4, -0.2) is 47.3 Å². The van der Waals surface area contributed by atoms with Crippen LogP contribution in [0, 0.1) is 12.8 Å².